The summed E-state index contributed by atoms with van der Waals surface area (Å²) in [6.07, 6.45) is 1.07. The van der Waals surface area contributed by atoms with Gasteiger partial charge in [-0.2, -0.15) is 0 Å². The molecule has 0 aliphatic carbocycles. The zero-order valence-electron chi connectivity index (χ0n) is 12.3. The highest BCUT2D eigenvalue weighted by Gasteiger charge is 2.01. The van der Waals surface area contributed by atoms with Crippen molar-refractivity contribution in [3.63, 3.8) is 0 Å². The van der Waals surface area contributed by atoms with Crippen LogP contribution in [0.2, 0.25) is 0 Å². The first-order valence-electron chi connectivity index (χ1n) is 6.91. The van der Waals surface area contributed by atoms with Gasteiger partial charge in [0.2, 0.25) is 0 Å². The average molecular weight is 266 g/mol. The molecule has 1 N–H and O–H groups in total. The number of nitrogens with one attached hydrogen (secondary N) is 1. The van der Waals surface area contributed by atoms with Crippen LogP contribution in [0.4, 0.5) is 5.69 Å². The third kappa shape index (κ3) is 6.45. The van der Waals surface area contributed by atoms with Crippen LogP contribution in [0, 0.1) is 0 Å². The van der Waals surface area contributed by atoms with Crippen molar-refractivity contribution in [3.8, 4) is 5.75 Å². The Morgan fingerprint density at radius 2 is 2.11 bits per heavy atom. The first-order valence-corrected chi connectivity index (χ1v) is 6.91. The van der Waals surface area contributed by atoms with E-state index in [0.29, 0.717) is 0 Å². The second kappa shape index (κ2) is 9.64. The Kier molecular flexibility index (Phi) is 8.02. The van der Waals surface area contributed by atoms with E-state index in [1.54, 1.807) is 7.11 Å². The lowest BCUT2D eigenvalue weighted by molar-refractivity contribution is 0.145. The Labute approximate surface area is 116 Å². The van der Waals surface area contributed by atoms with Crippen molar-refractivity contribution in [2.24, 2.45) is 0 Å². The van der Waals surface area contributed by atoms with E-state index in [-0.39, 0.29) is 0 Å². The smallest absolute Gasteiger partial charge is 0.120 e. The van der Waals surface area contributed by atoms with Crippen LogP contribution < -0.4 is 15.0 Å². The molecule has 0 atom stereocenters. The van der Waals surface area contributed by atoms with Crippen molar-refractivity contribution in [3.05, 3.63) is 24.3 Å². The highest BCUT2D eigenvalue weighted by molar-refractivity contribution is 5.50. The van der Waals surface area contributed by atoms with E-state index < -0.39 is 0 Å². The maximum absolute atomic E-state index is 5.29. The fourth-order valence-electron chi connectivity index (χ4n) is 1.79. The highest BCUT2D eigenvalue weighted by atomic mass is 16.5. The molecular weight excluding hydrogens is 240 g/mol. The molecule has 1 rings (SSSR count). The summed E-state index contributed by atoms with van der Waals surface area (Å²) in [4.78, 5) is 2.22. The van der Waals surface area contributed by atoms with Gasteiger partial charge in [0.05, 0.1) is 7.11 Å². The first kappa shape index (κ1) is 15.8. The molecule has 0 spiro atoms. The van der Waals surface area contributed by atoms with Crippen molar-refractivity contribution in [1.29, 1.82) is 0 Å². The van der Waals surface area contributed by atoms with Crippen molar-refractivity contribution < 1.29 is 9.47 Å². The van der Waals surface area contributed by atoms with Gasteiger partial charge >= 0.3 is 0 Å². The van der Waals surface area contributed by atoms with Gasteiger partial charge < -0.3 is 19.7 Å². The molecule has 0 unspecified atom stereocenters. The van der Waals surface area contributed by atoms with Gasteiger partial charge in [0.1, 0.15) is 5.75 Å². The molecule has 0 fully saturated rings. The maximum Gasteiger partial charge on any atom is 0.120 e. The van der Waals surface area contributed by atoms with Crippen LogP contribution in [-0.4, -0.2) is 47.0 Å². The molecular formula is C15H26N2O2. The second-order valence-corrected chi connectivity index (χ2v) is 4.42. The fourth-order valence-corrected chi connectivity index (χ4v) is 1.79. The number of anilines is 1. The van der Waals surface area contributed by atoms with Crippen LogP contribution in [0.3, 0.4) is 0 Å². The molecule has 0 aromatic heterocycles. The molecule has 4 nitrogen and oxygen atoms in total. The molecule has 1 aromatic rings. The summed E-state index contributed by atoms with van der Waals surface area (Å²) >= 11 is 0. The van der Waals surface area contributed by atoms with Crippen LogP contribution in [0.25, 0.3) is 0 Å². The van der Waals surface area contributed by atoms with Crippen LogP contribution in [0.5, 0.6) is 5.75 Å². The molecule has 0 aliphatic heterocycles. The van der Waals surface area contributed by atoms with E-state index >= 15 is 0 Å². The highest BCUT2D eigenvalue weighted by Crippen LogP contribution is 2.19. The average Bonchev–Trinajstić information content (AvgIpc) is 2.46. The van der Waals surface area contributed by atoms with Gasteiger partial charge in [-0.3, -0.25) is 0 Å². The van der Waals surface area contributed by atoms with Crippen LogP contribution >= 0.6 is 0 Å². The third-order valence-electron chi connectivity index (χ3n) is 2.96. The summed E-state index contributed by atoms with van der Waals surface area (Å²) in [5.41, 5.74) is 1.18. The minimum absolute atomic E-state index is 0.804. The maximum atomic E-state index is 5.29. The number of nitrogens with zero attached hydrogens (tertiary/aromatic N) is 1. The number of rotatable bonds is 10. The summed E-state index contributed by atoms with van der Waals surface area (Å²) in [5, 5.41) is 3.42. The van der Waals surface area contributed by atoms with E-state index in [1.165, 1.54) is 5.69 Å². The van der Waals surface area contributed by atoms with Crippen molar-refractivity contribution in [2.45, 2.75) is 13.3 Å². The van der Waals surface area contributed by atoms with Crippen molar-refractivity contribution >= 4 is 5.69 Å². The molecule has 0 radical (unpaired) electrons. The summed E-state index contributed by atoms with van der Waals surface area (Å²) in [7, 11) is 3.79. The van der Waals surface area contributed by atoms with E-state index in [9.17, 15) is 0 Å². The van der Waals surface area contributed by atoms with E-state index in [2.05, 4.69) is 29.4 Å². The topological polar surface area (TPSA) is 33.7 Å². The van der Waals surface area contributed by atoms with E-state index in [0.717, 1.165) is 45.0 Å². The van der Waals surface area contributed by atoms with Gasteiger partial charge in [0, 0.05) is 45.1 Å². The summed E-state index contributed by atoms with van der Waals surface area (Å²) < 4.78 is 10.5. The Morgan fingerprint density at radius 1 is 1.26 bits per heavy atom. The van der Waals surface area contributed by atoms with Gasteiger partial charge in [-0.15, -0.1) is 0 Å². The zero-order chi connectivity index (χ0) is 13.9. The molecule has 0 saturated carbocycles. The summed E-state index contributed by atoms with van der Waals surface area (Å²) in [5.74, 6) is 0.897. The number of hydrogen-bond acceptors (Lipinski definition) is 4. The summed E-state index contributed by atoms with van der Waals surface area (Å²) in [6.45, 7) is 6.62. The third-order valence-corrected chi connectivity index (χ3v) is 2.96. The summed E-state index contributed by atoms with van der Waals surface area (Å²) in [6, 6.07) is 8.12. The lowest BCUT2D eigenvalue weighted by Crippen LogP contribution is -2.30. The van der Waals surface area contributed by atoms with Gasteiger partial charge in [-0.05, 0) is 32.0 Å². The monoisotopic (exact) mass is 266 g/mol. The Hall–Kier alpha value is -1.26. The molecule has 19 heavy (non-hydrogen) atoms. The normalized spacial score (nSPS) is 10.5. The predicted molar refractivity (Wildman–Crippen MR) is 80.2 cm³/mol. The number of hydrogen-bond donors (Lipinski definition) is 1. The van der Waals surface area contributed by atoms with Gasteiger partial charge in [0.15, 0.2) is 0 Å². The number of benzene rings is 1. The van der Waals surface area contributed by atoms with Crippen LogP contribution in [-0.2, 0) is 4.74 Å². The Morgan fingerprint density at radius 3 is 2.84 bits per heavy atom. The largest absolute Gasteiger partial charge is 0.497 e. The molecule has 0 bridgehead atoms. The quantitative estimate of drug-likeness (QED) is 0.658. The molecule has 0 amide bonds. The number of ether oxygens (including phenoxy) is 2. The van der Waals surface area contributed by atoms with Crippen LogP contribution in [0.15, 0.2) is 24.3 Å². The minimum atomic E-state index is 0.804. The lowest BCUT2D eigenvalue weighted by atomic mass is 10.3. The van der Waals surface area contributed by atoms with Gasteiger partial charge in [-0.25, -0.2) is 0 Å². The fraction of sp³-hybridized carbons (Fsp3) is 0.600. The minimum Gasteiger partial charge on any atom is -0.497 e. The lowest BCUT2D eigenvalue weighted by Gasteiger charge is -2.20. The molecule has 4 heteroatoms. The molecule has 108 valence electrons. The standard InChI is InChI=1S/C15H26N2O2/c1-4-19-12-6-9-16-10-11-17(2)14-7-5-8-15(13-14)18-3/h5,7-8,13,16H,4,6,9-12H2,1-3H3. The molecule has 1 aromatic carbocycles. The first-order chi connectivity index (χ1) is 9.27. The predicted octanol–water partition coefficient (Wildman–Crippen LogP) is 2.15. The van der Waals surface area contributed by atoms with Gasteiger partial charge in [-0.1, -0.05) is 6.07 Å². The Bertz CT molecular complexity index is 345. The van der Waals surface area contributed by atoms with Crippen molar-refractivity contribution in [2.75, 3.05) is 51.9 Å². The SMILES string of the molecule is CCOCCCNCCN(C)c1cccc(OC)c1. The number of likely N-dealkylation sites (N-methyl/N-ethyl adjacent to an activating group) is 1. The molecule has 0 saturated heterocycles. The van der Waals surface area contributed by atoms with Crippen molar-refractivity contribution in [1.82, 2.24) is 5.32 Å². The second-order valence-electron chi connectivity index (χ2n) is 4.42. The number of methoxy groups -OCH3 is 1. The van der Waals surface area contributed by atoms with E-state index in [1.807, 2.05) is 19.1 Å². The Balaban J connectivity index is 2.18. The van der Waals surface area contributed by atoms with E-state index in [4.69, 9.17) is 9.47 Å². The zero-order valence-corrected chi connectivity index (χ0v) is 12.3. The van der Waals surface area contributed by atoms with Gasteiger partial charge in [0.25, 0.3) is 0 Å². The molecule has 0 aliphatic rings. The molecule has 0 heterocycles. The van der Waals surface area contributed by atoms with Crippen LogP contribution in [0.1, 0.15) is 13.3 Å².